The molecule has 0 bridgehead atoms. The number of hydrogen-bond donors (Lipinski definition) is 1. The van der Waals surface area contributed by atoms with Crippen molar-refractivity contribution in [3.05, 3.63) is 65.2 Å². The number of ether oxygens (including phenoxy) is 1. The normalized spacial score (nSPS) is 10.5. The largest absolute Gasteiger partial charge is 0.484 e. The fourth-order valence-electron chi connectivity index (χ4n) is 1.96. The van der Waals surface area contributed by atoms with E-state index in [9.17, 15) is 4.79 Å². The molecular formula is C16H14ClN3O4. The summed E-state index contributed by atoms with van der Waals surface area (Å²) in [6.07, 6.45) is 5.24. The van der Waals surface area contributed by atoms with E-state index in [2.05, 4.69) is 15.5 Å². The second-order valence-corrected chi connectivity index (χ2v) is 5.33. The molecule has 3 heterocycles. The van der Waals surface area contributed by atoms with Gasteiger partial charge in [-0.05, 0) is 12.1 Å². The van der Waals surface area contributed by atoms with Crippen molar-refractivity contribution in [2.45, 2.75) is 13.0 Å². The van der Waals surface area contributed by atoms with Crippen LogP contribution in [0.2, 0.25) is 5.02 Å². The van der Waals surface area contributed by atoms with Gasteiger partial charge in [0.15, 0.2) is 11.5 Å². The third-order valence-corrected chi connectivity index (χ3v) is 3.30. The predicted molar refractivity (Wildman–Crippen MR) is 84.8 cm³/mol. The van der Waals surface area contributed by atoms with E-state index in [-0.39, 0.29) is 18.2 Å². The topological polar surface area (TPSA) is 90.4 Å². The molecule has 0 radical (unpaired) electrons. The summed E-state index contributed by atoms with van der Waals surface area (Å²) in [6, 6.07) is 6.81. The minimum atomic E-state index is -0.319. The second kappa shape index (κ2) is 7.65. The molecule has 0 aliphatic heterocycles. The molecular weight excluding hydrogens is 334 g/mol. The molecule has 7 nitrogen and oxygen atoms in total. The average molecular weight is 348 g/mol. The molecule has 0 spiro atoms. The standard InChI is InChI=1S/C16H14ClN3O4/c17-11-6-13(9-18-8-11)23-10-14-7-15(20-24-14)16(21)19-4-3-12-2-1-5-22-12/h1-2,5-9H,3-4,10H2,(H,19,21). The Bertz CT molecular complexity index is 801. The molecule has 0 atom stereocenters. The number of furan rings is 1. The molecule has 3 aromatic rings. The van der Waals surface area contributed by atoms with Gasteiger partial charge in [0.2, 0.25) is 0 Å². The Kier molecular flexibility index (Phi) is 5.12. The van der Waals surface area contributed by atoms with Crippen LogP contribution in [0.5, 0.6) is 5.75 Å². The highest BCUT2D eigenvalue weighted by molar-refractivity contribution is 6.30. The Morgan fingerprint density at radius 1 is 1.29 bits per heavy atom. The van der Waals surface area contributed by atoms with Gasteiger partial charge in [0.25, 0.3) is 5.91 Å². The number of hydrogen-bond acceptors (Lipinski definition) is 6. The number of carbonyl (C=O) groups is 1. The fourth-order valence-corrected chi connectivity index (χ4v) is 2.12. The summed E-state index contributed by atoms with van der Waals surface area (Å²) in [5.74, 6) is 1.41. The lowest BCUT2D eigenvalue weighted by Crippen LogP contribution is -2.25. The summed E-state index contributed by atoms with van der Waals surface area (Å²) in [4.78, 5) is 15.9. The molecule has 8 heteroatoms. The van der Waals surface area contributed by atoms with Gasteiger partial charge in [-0.15, -0.1) is 0 Å². The monoisotopic (exact) mass is 347 g/mol. The van der Waals surface area contributed by atoms with Gasteiger partial charge in [0, 0.05) is 31.3 Å². The van der Waals surface area contributed by atoms with Crippen LogP contribution in [0.3, 0.4) is 0 Å². The molecule has 0 saturated carbocycles. The summed E-state index contributed by atoms with van der Waals surface area (Å²) < 4.78 is 15.7. The molecule has 24 heavy (non-hydrogen) atoms. The molecule has 0 aliphatic carbocycles. The van der Waals surface area contributed by atoms with Crippen LogP contribution in [0, 0.1) is 0 Å². The molecule has 1 amide bonds. The molecule has 0 fully saturated rings. The highest BCUT2D eigenvalue weighted by atomic mass is 35.5. The third-order valence-electron chi connectivity index (χ3n) is 3.09. The van der Waals surface area contributed by atoms with E-state index in [1.807, 2.05) is 6.07 Å². The maximum absolute atomic E-state index is 12.0. The van der Waals surface area contributed by atoms with Crippen molar-refractivity contribution in [2.75, 3.05) is 6.54 Å². The van der Waals surface area contributed by atoms with Crippen LogP contribution < -0.4 is 10.1 Å². The lowest BCUT2D eigenvalue weighted by Gasteiger charge is -2.02. The number of aromatic nitrogens is 2. The van der Waals surface area contributed by atoms with Crippen LogP contribution in [0.1, 0.15) is 22.0 Å². The zero-order valence-electron chi connectivity index (χ0n) is 12.6. The first-order valence-electron chi connectivity index (χ1n) is 7.20. The number of nitrogens with one attached hydrogen (secondary N) is 1. The molecule has 0 aliphatic rings. The van der Waals surface area contributed by atoms with E-state index in [4.69, 9.17) is 25.3 Å². The summed E-state index contributed by atoms with van der Waals surface area (Å²) in [5, 5.41) is 6.95. The van der Waals surface area contributed by atoms with E-state index in [1.165, 1.54) is 18.5 Å². The number of amides is 1. The highest BCUT2D eigenvalue weighted by Crippen LogP contribution is 2.16. The molecule has 0 aromatic carbocycles. The number of rotatable bonds is 7. The van der Waals surface area contributed by atoms with E-state index >= 15 is 0 Å². The smallest absolute Gasteiger partial charge is 0.273 e. The number of halogens is 1. The van der Waals surface area contributed by atoms with Gasteiger partial charge < -0.3 is 19.0 Å². The van der Waals surface area contributed by atoms with Gasteiger partial charge in [-0.3, -0.25) is 9.78 Å². The Hall–Kier alpha value is -2.80. The molecule has 124 valence electrons. The fraction of sp³-hybridized carbons (Fsp3) is 0.188. The zero-order valence-corrected chi connectivity index (χ0v) is 13.3. The van der Waals surface area contributed by atoms with Crippen molar-refractivity contribution >= 4 is 17.5 Å². The average Bonchev–Trinajstić information content (AvgIpc) is 3.25. The van der Waals surface area contributed by atoms with E-state index in [0.29, 0.717) is 29.5 Å². The summed E-state index contributed by atoms with van der Waals surface area (Å²) in [5.41, 5.74) is 0.192. The van der Waals surface area contributed by atoms with Gasteiger partial charge >= 0.3 is 0 Å². The first kappa shape index (κ1) is 16.1. The SMILES string of the molecule is O=C(NCCc1ccco1)c1cc(COc2cncc(Cl)c2)on1. The maximum Gasteiger partial charge on any atom is 0.273 e. The minimum absolute atomic E-state index is 0.120. The van der Waals surface area contributed by atoms with Gasteiger partial charge in [0.05, 0.1) is 17.5 Å². The van der Waals surface area contributed by atoms with Crippen LogP contribution in [-0.2, 0) is 13.0 Å². The minimum Gasteiger partial charge on any atom is -0.484 e. The molecule has 0 saturated heterocycles. The van der Waals surface area contributed by atoms with Crippen molar-refractivity contribution in [3.63, 3.8) is 0 Å². The van der Waals surface area contributed by atoms with Gasteiger partial charge in [0.1, 0.15) is 18.1 Å². The Morgan fingerprint density at radius 2 is 2.21 bits per heavy atom. The van der Waals surface area contributed by atoms with Crippen molar-refractivity contribution in [3.8, 4) is 5.75 Å². The zero-order chi connectivity index (χ0) is 16.8. The quantitative estimate of drug-likeness (QED) is 0.706. The van der Waals surface area contributed by atoms with E-state index in [1.54, 1.807) is 18.4 Å². The van der Waals surface area contributed by atoms with Crippen molar-refractivity contribution in [1.82, 2.24) is 15.5 Å². The van der Waals surface area contributed by atoms with Crippen molar-refractivity contribution in [1.29, 1.82) is 0 Å². The first-order chi connectivity index (χ1) is 11.7. The van der Waals surface area contributed by atoms with Gasteiger partial charge in [-0.1, -0.05) is 16.8 Å². The molecule has 0 unspecified atom stereocenters. The number of nitrogens with zero attached hydrogens (tertiary/aromatic N) is 2. The van der Waals surface area contributed by atoms with Gasteiger partial charge in [-0.25, -0.2) is 0 Å². The highest BCUT2D eigenvalue weighted by Gasteiger charge is 2.13. The Balaban J connectivity index is 1.48. The predicted octanol–water partition coefficient (Wildman–Crippen LogP) is 2.87. The Labute approximate surface area is 142 Å². The summed E-state index contributed by atoms with van der Waals surface area (Å²) >= 11 is 5.82. The van der Waals surface area contributed by atoms with E-state index < -0.39 is 0 Å². The first-order valence-corrected chi connectivity index (χ1v) is 7.58. The van der Waals surface area contributed by atoms with Crippen molar-refractivity contribution < 1.29 is 18.5 Å². The summed E-state index contributed by atoms with van der Waals surface area (Å²) in [7, 11) is 0. The Morgan fingerprint density at radius 3 is 3.00 bits per heavy atom. The maximum atomic E-state index is 12.0. The number of carbonyl (C=O) groups excluding carboxylic acids is 1. The lowest BCUT2D eigenvalue weighted by molar-refractivity contribution is 0.0944. The van der Waals surface area contributed by atoms with E-state index in [0.717, 1.165) is 5.76 Å². The lowest BCUT2D eigenvalue weighted by atomic mass is 10.3. The van der Waals surface area contributed by atoms with Crippen LogP contribution in [0.4, 0.5) is 0 Å². The van der Waals surface area contributed by atoms with Crippen molar-refractivity contribution in [2.24, 2.45) is 0 Å². The van der Waals surface area contributed by atoms with Gasteiger partial charge in [-0.2, -0.15) is 0 Å². The van der Waals surface area contributed by atoms with Crippen LogP contribution in [-0.4, -0.2) is 22.6 Å². The molecule has 1 N–H and O–H groups in total. The third kappa shape index (κ3) is 4.36. The van der Waals surface area contributed by atoms with Crippen LogP contribution >= 0.6 is 11.6 Å². The van der Waals surface area contributed by atoms with Crippen LogP contribution in [0.25, 0.3) is 0 Å². The second-order valence-electron chi connectivity index (χ2n) is 4.89. The number of pyridine rings is 1. The van der Waals surface area contributed by atoms with Crippen LogP contribution in [0.15, 0.2) is 51.9 Å². The molecule has 3 aromatic heterocycles. The molecule has 3 rings (SSSR count). The summed E-state index contributed by atoms with van der Waals surface area (Å²) in [6.45, 7) is 0.563.